The number of fused-ring (bicyclic) bond motifs is 1. The second-order valence-electron chi connectivity index (χ2n) is 6.23. The van der Waals surface area contributed by atoms with Crippen molar-refractivity contribution in [1.29, 1.82) is 0 Å². The zero-order chi connectivity index (χ0) is 19.3. The summed E-state index contributed by atoms with van der Waals surface area (Å²) in [5.74, 6) is -0.377. The molecule has 0 aromatic heterocycles. The van der Waals surface area contributed by atoms with E-state index in [4.69, 9.17) is 9.47 Å². The predicted molar refractivity (Wildman–Crippen MR) is 107 cm³/mol. The highest BCUT2D eigenvalue weighted by Gasteiger charge is 2.05. The fraction of sp³-hybridized carbons (Fsp3) is 0.429. The first kappa shape index (κ1) is 20.9. The van der Waals surface area contributed by atoms with Crippen molar-refractivity contribution in [2.45, 2.75) is 26.2 Å². The summed E-state index contributed by atoms with van der Waals surface area (Å²) in [5.41, 5.74) is 0.747. The third-order valence-corrected chi connectivity index (χ3v) is 3.95. The topological polar surface area (TPSA) is 76.7 Å². The van der Waals surface area contributed by atoms with Gasteiger partial charge in [-0.15, -0.1) is 0 Å². The Morgan fingerprint density at radius 3 is 2.52 bits per heavy atom. The van der Waals surface area contributed by atoms with Crippen LogP contribution in [0.3, 0.4) is 0 Å². The van der Waals surface area contributed by atoms with Crippen LogP contribution in [0.25, 0.3) is 10.8 Å². The second kappa shape index (κ2) is 12.0. The van der Waals surface area contributed by atoms with E-state index in [0.717, 1.165) is 35.9 Å². The maximum absolute atomic E-state index is 12.0. The fourth-order valence-corrected chi connectivity index (χ4v) is 2.49. The van der Waals surface area contributed by atoms with Crippen molar-refractivity contribution < 1.29 is 19.1 Å². The summed E-state index contributed by atoms with van der Waals surface area (Å²) in [6.07, 6.45) is 2.33. The van der Waals surface area contributed by atoms with Gasteiger partial charge in [-0.05, 0) is 29.3 Å². The molecule has 0 saturated heterocycles. The minimum absolute atomic E-state index is 0.0244. The minimum atomic E-state index is -0.234. The van der Waals surface area contributed by atoms with Crippen LogP contribution in [0.2, 0.25) is 0 Å². The molecule has 0 radical (unpaired) electrons. The number of hydrogen-bond acceptors (Lipinski definition) is 4. The number of hydrogen-bond donors (Lipinski definition) is 2. The number of ether oxygens (including phenoxy) is 2. The normalized spacial score (nSPS) is 10.7. The first-order valence-corrected chi connectivity index (χ1v) is 9.40. The summed E-state index contributed by atoms with van der Waals surface area (Å²) < 4.78 is 10.6. The van der Waals surface area contributed by atoms with Gasteiger partial charge in [0.15, 0.2) is 0 Å². The van der Waals surface area contributed by atoms with Crippen LogP contribution in [-0.4, -0.2) is 44.8 Å². The smallest absolute Gasteiger partial charge is 0.246 e. The van der Waals surface area contributed by atoms with Crippen LogP contribution in [0.4, 0.5) is 5.69 Å². The van der Waals surface area contributed by atoms with Gasteiger partial charge in [0.2, 0.25) is 11.8 Å². The lowest BCUT2D eigenvalue weighted by atomic mass is 10.1. The van der Waals surface area contributed by atoms with E-state index in [0.29, 0.717) is 13.2 Å². The molecule has 146 valence electrons. The number of nitrogens with one attached hydrogen (secondary N) is 2. The molecule has 0 spiro atoms. The summed E-state index contributed by atoms with van der Waals surface area (Å²) in [5, 5.41) is 7.71. The Morgan fingerprint density at radius 2 is 1.70 bits per heavy atom. The van der Waals surface area contributed by atoms with Gasteiger partial charge < -0.3 is 20.1 Å². The standard InChI is InChI=1S/C21H28N2O4/c1-2-3-12-26-13-14-27-16-21(25)22-11-10-20(24)23-19-9-8-17-6-4-5-7-18(17)15-19/h4-9,15H,2-3,10-14,16H2,1H3,(H,22,25)(H,23,24). The van der Waals surface area contributed by atoms with Gasteiger partial charge in [0.05, 0.1) is 13.2 Å². The molecule has 0 atom stereocenters. The maximum Gasteiger partial charge on any atom is 0.246 e. The SMILES string of the molecule is CCCCOCCOCC(=O)NCCC(=O)Nc1ccc2ccccc2c1. The Kier molecular flexibility index (Phi) is 9.30. The van der Waals surface area contributed by atoms with E-state index in [1.165, 1.54) is 0 Å². The van der Waals surface area contributed by atoms with E-state index >= 15 is 0 Å². The predicted octanol–water partition coefficient (Wildman–Crippen LogP) is 3.12. The van der Waals surface area contributed by atoms with Crippen LogP contribution < -0.4 is 10.6 Å². The van der Waals surface area contributed by atoms with Crippen molar-refractivity contribution in [2.75, 3.05) is 38.3 Å². The molecule has 0 fully saturated rings. The molecule has 2 aromatic carbocycles. The molecule has 2 rings (SSSR count). The highest BCUT2D eigenvalue weighted by Crippen LogP contribution is 2.18. The number of benzene rings is 2. The van der Waals surface area contributed by atoms with Crippen molar-refractivity contribution in [3.8, 4) is 0 Å². The molecule has 0 aliphatic rings. The first-order valence-electron chi connectivity index (χ1n) is 9.40. The first-order chi connectivity index (χ1) is 13.2. The van der Waals surface area contributed by atoms with Gasteiger partial charge in [-0.3, -0.25) is 9.59 Å². The number of anilines is 1. The minimum Gasteiger partial charge on any atom is -0.379 e. The van der Waals surface area contributed by atoms with E-state index in [9.17, 15) is 9.59 Å². The number of carbonyl (C=O) groups is 2. The zero-order valence-corrected chi connectivity index (χ0v) is 15.8. The molecule has 2 aromatic rings. The highest BCUT2D eigenvalue weighted by atomic mass is 16.5. The maximum atomic E-state index is 12.0. The van der Waals surface area contributed by atoms with Gasteiger partial charge in [-0.2, -0.15) is 0 Å². The number of amides is 2. The molecule has 0 aliphatic carbocycles. The highest BCUT2D eigenvalue weighted by molar-refractivity contribution is 5.94. The number of unbranched alkanes of at least 4 members (excludes halogenated alkanes) is 1. The Bertz CT molecular complexity index is 733. The van der Waals surface area contributed by atoms with Gasteiger partial charge >= 0.3 is 0 Å². The van der Waals surface area contributed by atoms with Crippen LogP contribution >= 0.6 is 0 Å². The van der Waals surface area contributed by atoms with Crippen LogP contribution in [0.1, 0.15) is 26.2 Å². The number of rotatable bonds is 12. The fourth-order valence-electron chi connectivity index (χ4n) is 2.49. The quantitative estimate of drug-likeness (QED) is 0.561. The van der Waals surface area contributed by atoms with Gasteiger partial charge in [0.1, 0.15) is 6.61 Å². The summed E-state index contributed by atoms with van der Waals surface area (Å²) in [6.45, 7) is 3.95. The molecular weight excluding hydrogens is 344 g/mol. The van der Waals surface area contributed by atoms with Crippen molar-refractivity contribution in [2.24, 2.45) is 0 Å². The van der Waals surface area contributed by atoms with Crippen molar-refractivity contribution in [3.63, 3.8) is 0 Å². The van der Waals surface area contributed by atoms with Gasteiger partial charge in [0.25, 0.3) is 0 Å². The molecule has 0 unspecified atom stereocenters. The van der Waals surface area contributed by atoms with Gasteiger partial charge in [-0.1, -0.05) is 43.7 Å². The third kappa shape index (κ3) is 8.19. The van der Waals surface area contributed by atoms with Crippen LogP contribution in [-0.2, 0) is 19.1 Å². The molecule has 6 nitrogen and oxygen atoms in total. The molecule has 0 bridgehead atoms. The summed E-state index contributed by atoms with van der Waals surface area (Å²) in [7, 11) is 0. The Labute approximate surface area is 160 Å². The molecule has 0 saturated carbocycles. The van der Waals surface area contributed by atoms with Gasteiger partial charge in [-0.25, -0.2) is 0 Å². The average Bonchev–Trinajstić information content (AvgIpc) is 2.67. The lowest BCUT2D eigenvalue weighted by molar-refractivity contribution is -0.126. The summed E-state index contributed by atoms with van der Waals surface area (Å²) >= 11 is 0. The Morgan fingerprint density at radius 1 is 0.926 bits per heavy atom. The molecular formula is C21H28N2O4. The third-order valence-electron chi connectivity index (χ3n) is 3.95. The molecule has 27 heavy (non-hydrogen) atoms. The summed E-state index contributed by atoms with van der Waals surface area (Å²) in [6, 6.07) is 13.7. The number of carbonyl (C=O) groups excluding carboxylic acids is 2. The summed E-state index contributed by atoms with van der Waals surface area (Å²) in [4.78, 5) is 23.7. The molecule has 0 heterocycles. The zero-order valence-electron chi connectivity index (χ0n) is 15.8. The lowest BCUT2D eigenvalue weighted by Crippen LogP contribution is -2.31. The second-order valence-corrected chi connectivity index (χ2v) is 6.23. The van der Waals surface area contributed by atoms with E-state index in [2.05, 4.69) is 17.6 Å². The van der Waals surface area contributed by atoms with Crippen LogP contribution in [0.15, 0.2) is 42.5 Å². The Balaban J connectivity index is 1.57. The van der Waals surface area contributed by atoms with Gasteiger partial charge in [0, 0.05) is 25.3 Å². The van der Waals surface area contributed by atoms with Crippen molar-refractivity contribution >= 4 is 28.3 Å². The average molecular weight is 372 g/mol. The van der Waals surface area contributed by atoms with Crippen LogP contribution in [0.5, 0.6) is 0 Å². The monoisotopic (exact) mass is 372 g/mol. The van der Waals surface area contributed by atoms with Crippen molar-refractivity contribution in [1.82, 2.24) is 5.32 Å². The largest absolute Gasteiger partial charge is 0.379 e. The molecule has 2 N–H and O–H groups in total. The van der Waals surface area contributed by atoms with E-state index < -0.39 is 0 Å². The molecule has 6 heteroatoms. The van der Waals surface area contributed by atoms with Crippen LogP contribution in [0, 0.1) is 0 Å². The molecule has 0 aliphatic heterocycles. The van der Waals surface area contributed by atoms with E-state index in [1.807, 2.05) is 42.5 Å². The lowest BCUT2D eigenvalue weighted by Gasteiger charge is -2.08. The van der Waals surface area contributed by atoms with E-state index in [-0.39, 0.29) is 31.4 Å². The van der Waals surface area contributed by atoms with Crippen molar-refractivity contribution in [3.05, 3.63) is 42.5 Å². The Hall–Kier alpha value is -2.44. The van der Waals surface area contributed by atoms with E-state index in [1.54, 1.807) is 0 Å². The molecule has 2 amide bonds.